The molecule has 0 aliphatic rings. The van der Waals surface area contributed by atoms with Gasteiger partial charge in [-0.3, -0.25) is 0 Å². The van der Waals surface area contributed by atoms with Crippen LogP contribution in [0, 0.1) is 0 Å². The third-order valence-corrected chi connectivity index (χ3v) is 17.5. The molecule has 0 N–H and O–H groups in total. The van der Waals surface area contributed by atoms with Crippen LogP contribution in [0.2, 0.25) is 0 Å². The maximum absolute atomic E-state index is 6.81. The van der Waals surface area contributed by atoms with Gasteiger partial charge in [-0.15, -0.1) is 22.7 Å². The second kappa shape index (κ2) is 16.6. The lowest BCUT2D eigenvalue weighted by atomic mass is 9.90. The van der Waals surface area contributed by atoms with E-state index in [1.807, 2.05) is 53.0 Å². The summed E-state index contributed by atoms with van der Waals surface area (Å²) >= 11 is 3.70. The van der Waals surface area contributed by atoms with E-state index in [4.69, 9.17) is 19.4 Å². The monoisotopic (exact) mass is 989 g/mol. The van der Waals surface area contributed by atoms with Crippen molar-refractivity contribution in [2.45, 2.75) is 0 Å². The van der Waals surface area contributed by atoms with Crippen LogP contribution in [0.5, 0.6) is 0 Å². The van der Waals surface area contributed by atoms with Gasteiger partial charge in [0.05, 0.1) is 0 Å². The van der Waals surface area contributed by atoms with E-state index in [1.165, 1.54) is 94.9 Å². The zero-order valence-electron chi connectivity index (χ0n) is 40.1. The van der Waals surface area contributed by atoms with Crippen molar-refractivity contribution in [3.8, 4) is 67.5 Å². The Morgan fingerprint density at radius 3 is 1.81 bits per heavy atom. The van der Waals surface area contributed by atoms with Crippen molar-refractivity contribution in [1.82, 2.24) is 15.0 Å². The third-order valence-electron chi connectivity index (χ3n) is 15.1. The summed E-state index contributed by atoms with van der Waals surface area (Å²) in [5.41, 5.74) is 11.4. The van der Waals surface area contributed by atoms with Crippen LogP contribution in [0.4, 0.5) is 0 Å². The molecular formula is C69H39N3OS2. The predicted molar refractivity (Wildman–Crippen MR) is 318 cm³/mol. The van der Waals surface area contributed by atoms with Gasteiger partial charge < -0.3 is 4.42 Å². The highest BCUT2D eigenvalue weighted by Gasteiger charge is 2.22. The van der Waals surface area contributed by atoms with E-state index in [0.29, 0.717) is 17.5 Å². The fraction of sp³-hybridized carbons (Fsp3) is 0. The van der Waals surface area contributed by atoms with Gasteiger partial charge in [-0.05, 0) is 120 Å². The lowest BCUT2D eigenvalue weighted by molar-refractivity contribution is 0.669. The molecule has 0 radical (unpaired) electrons. The average Bonchev–Trinajstić information content (AvgIpc) is 4.22. The molecule has 0 amide bonds. The van der Waals surface area contributed by atoms with Gasteiger partial charge in [0, 0.05) is 67.8 Å². The topological polar surface area (TPSA) is 51.8 Å². The van der Waals surface area contributed by atoms with Crippen LogP contribution < -0.4 is 0 Å². The molecule has 16 aromatic rings. The van der Waals surface area contributed by atoms with E-state index in [-0.39, 0.29) is 0 Å². The first-order valence-electron chi connectivity index (χ1n) is 25.2. The maximum Gasteiger partial charge on any atom is 0.164 e. The summed E-state index contributed by atoms with van der Waals surface area (Å²) in [6.07, 6.45) is 0. The quantitative estimate of drug-likeness (QED) is 0.156. The van der Waals surface area contributed by atoms with Crippen molar-refractivity contribution in [2.75, 3.05) is 0 Å². The third kappa shape index (κ3) is 6.63. The Kier molecular flexibility index (Phi) is 9.34. The number of hydrogen-bond donors (Lipinski definition) is 0. The maximum atomic E-state index is 6.81. The van der Waals surface area contributed by atoms with Gasteiger partial charge in [-0.1, -0.05) is 182 Å². The Morgan fingerprint density at radius 2 is 0.907 bits per heavy atom. The molecule has 0 saturated heterocycles. The van der Waals surface area contributed by atoms with Crippen LogP contribution >= 0.6 is 22.7 Å². The molecule has 12 aromatic carbocycles. The van der Waals surface area contributed by atoms with Crippen molar-refractivity contribution in [3.05, 3.63) is 237 Å². The van der Waals surface area contributed by atoms with Gasteiger partial charge in [0.1, 0.15) is 11.2 Å². The molecular weight excluding hydrogens is 951 g/mol. The van der Waals surface area contributed by atoms with Crippen molar-refractivity contribution in [2.24, 2.45) is 0 Å². The molecule has 6 heteroatoms. The second-order valence-electron chi connectivity index (χ2n) is 19.3. The molecule has 0 atom stereocenters. The van der Waals surface area contributed by atoms with Gasteiger partial charge in [0.2, 0.25) is 0 Å². The molecule has 0 saturated carbocycles. The lowest BCUT2D eigenvalue weighted by Gasteiger charge is -2.13. The van der Waals surface area contributed by atoms with Crippen molar-refractivity contribution in [3.63, 3.8) is 0 Å². The number of fused-ring (bicyclic) bond motifs is 14. The number of rotatable bonds is 6. The van der Waals surface area contributed by atoms with Gasteiger partial charge in [0.15, 0.2) is 17.5 Å². The van der Waals surface area contributed by atoms with E-state index in [0.717, 1.165) is 49.8 Å². The number of nitrogens with zero attached hydrogens (tertiary/aromatic N) is 3. The Hall–Kier alpha value is -9.33. The van der Waals surface area contributed by atoms with Gasteiger partial charge in [-0.25, -0.2) is 15.0 Å². The van der Waals surface area contributed by atoms with Gasteiger partial charge in [-0.2, -0.15) is 0 Å². The van der Waals surface area contributed by atoms with Crippen LogP contribution in [-0.4, -0.2) is 15.0 Å². The normalized spacial score (nSPS) is 12.0. The lowest BCUT2D eigenvalue weighted by Crippen LogP contribution is -2.00. The highest BCUT2D eigenvalue weighted by molar-refractivity contribution is 7.27. The molecule has 16 rings (SSSR count). The molecule has 0 bridgehead atoms. The van der Waals surface area contributed by atoms with E-state index >= 15 is 0 Å². The number of thiophene rings is 2. The van der Waals surface area contributed by atoms with Crippen molar-refractivity contribution >= 4 is 117 Å². The molecule has 0 fully saturated rings. The van der Waals surface area contributed by atoms with Gasteiger partial charge >= 0.3 is 0 Å². The molecule has 0 aliphatic carbocycles. The Morgan fingerprint density at radius 1 is 0.267 bits per heavy atom. The average molecular weight is 990 g/mol. The van der Waals surface area contributed by atoms with E-state index in [1.54, 1.807) is 0 Å². The highest BCUT2D eigenvalue weighted by Crippen LogP contribution is 2.48. The second-order valence-corrected chi connectivity index (χ2v) is 21.5. The summed E-state index contributed by atoms with van der Waals surface area (Å²) in [5, 5.41) is 14.4. The van der Waals surface area contributed by atoms with E-state index < -0.39 is 0 Å². The molecule has 4 heterocycles. The molecule has 0 unspecified atom stereocenters. The van der Waals surface area contributed by atoms with Crippen LogP contribution in [-0.2, 0) is 0 Å². The molecule has 348 valence electrons. The summed E-state index contributed by atoms with van der Waals surface area (Å²) in [6, 6.07) is 85.0. The summed E-state index contributed by atoms with van der Waals surface area (Å²) < 4.78 is 11.9. The summed E-state index contributed by atoms with van der Waals surface area (Å²) in [4.78, 5) is 15.9. The Labute approximate surface area is 438 Å². The SMILES string of the molecule is c1ccc(-c2nc(-c3ccc4sc5c6ccccc6cc(-c6cccc7c6ccc6ccccc67)c5c4c3)nc(-c3cccc4oc5cc(-c6ccccc6-c6cccc7sc8ccccc8c67)ccc5c34)n2)cc1. The zero-order chi connectivity index (χ0) is 49.1. The van der Waals surface area contributed by atoms with Crippen LogP contribution in [0.1, 0.15) is 0 Å². The van der Waals surface area contributed by atoms with Gasteiger partial charge in [0.25, 0.3) is 0 Å². The van der Waals surface area contributed by atoms with Crippen LogP contribution in [0.25, 0.3) is 162 Å². The van der Waals surface area contributed by atoms with E-state index in [9.17, 15) is 0 Å². The molecule has 0 spiro atoms. The van der Waals surface area contributed by atoms with Crippen molar-refractivity contribution < 1.29 is 4.42 Å². The Balaban J connectivity index is 0.869. The minimum atomic E-state index is 0.586. The first kappa shape index (κ1) is 42.2. The fourth-order valence-corrected chi connectivity index (χ4v) is 14.1. The standard InChI is InChI=1S/C69H39N3OS2/c1-2-16-41(17-3-1)67-70-68(44-33-36-61-57(38-44)65-56(37-42-18-5-7-21-47(42)66(65)75-61)50-25-12-24-48-45-19-6-4-15-40(45)31-34-51(48)50)72-69(71-67)55-27-13-28-58-63(55)53-35-32-43(39-59(53)73-58)46-20-8-9-22-49(46)52-26-14-30-62-64(52)54-23-10-11-29-60(54)74-62/h1-39H. The molecule has 75 heavy (non-hydrogen) atoms. The van der Waals surface area contributed by atoms with E-state index in [2.05, 4.69) is 206 Å². The zero-order valence-corrected chi connectivity index (χ0v) is 41.7. The molecule has 4 aromatic heterocycles. The number of furan rings is 1. The smallest absolute Gasteiger partial charge is 0.164 e. The number of aromatic nitrogens is 3. The largest absolute Gasteiger partial charge is 0.456 e. The van der Waals surface area contributed by atoms with Crippen LogP contribution in [0.15, 0.2) is 241 Å². The molecule has 4 nitrogen and oxygen atoms in total. The summed E-state index contributed by atoms with van der Waals surface area (Å²) in [5.74, 6) is 1.80. The number of benzene rings is 12. The Bertz CT molecular complexity index is 5030. The highest BCUT2D eigenvalue weighted by atomic mass is 32.1. The fourth-order valence-electron chi connectivity index (χ4n) is 11.7. The summed E-state index contributed by atoms with van der Waals surface area (Å²) in [7, 11) is 0. The number of hydrogen-bond acceptors (Lipinski definition) is 6. The molecule has 0 aliphatic heterocycles. The minimum Gasteiger partial charge on any atom is -0.456 e. The van der Waals surface area contributed by atoms with Crippen molar-refractivity contribution in [1.29, 1.82) is 0 Å². The first-order chi connectivity index (χ1) is 37.2. The minimum absolute atomic E-state index is 0.586. The summed E-state index contributed by atoms with van der Waals surface area (Å²) in [6.45, 7) is 0. The predicted octanol–water partition coefficient (Wildman–Crippen LogP) is 20.0. The first-order valence-corrected chi connectivity index (χ1v) is 26.9. The van der Waals surface area contributed by atoms with Crippen LogP contribution in [0.3, 0.4) is 0 Å².